The van der Waals surface area contributed by atoms with Crippen LogP contribution in [0.15, 0.2) is 16.8 Å². The normalized spacial score (nSPS) is 10.5. The molecule has 0 aliphatic rings. The third-order valence-corrected chi connectivity index (χ3v) is 1.43. The largest absolute Gasteiger partial charge is 0.462 e. The molecular formula is C9H14N2O3. The molecule has 0 spiro atoms. The van der Waals surface area contributed by atoms with Crippen molar-refractivity contribution in [3.8, 4) is 0 Å². The fourth-order valence-electron chi connectivity index (χ4n) is 0.926. The van der Waals surface area contributed by atoms with Gasteiger partial charge in [-0.15, -0.1) is 0 Å². The van der Waals surface area contributed by atoms with Crippen LogP contribution < -0.4 is 5.32 Å². The second-order valence-electron chi connectivity index (χ2n) is 3.12. The first kappa shape index (κ1) is 10.7. The predicted octanol–water partition coefficient (Wildman–Crippen LogP) is 0.716. The van der Waals surface area contributed by atoms with E-state index < -0.39 is 0 Å². The molecule has 0 saturated heterocycles. The lowest BCUT2D eigenvalue weighted by molar-refractivity contribution is -0.146. The summed E-state index contributed by atoms with van der Waals surface area (Å²) >= 11 is 0. The minimum atomic E-state index is -0.264. The Labute approximate surface area is 82.4 Å². The number of aromatic nitrogens is 1. The first-order valence-corrected chi connectivity index (χ1v) is 4.48. The van der Waals surface area contributed by atoms with Gasteiger partial charge < -0.3 is 9.26 Å². The molecule has 0 bridgehead atoms. The molecule has 0 aromatic carbocycles. The van der Waals surface area contributed by atoms with Crippen LogP contribution in [0.2, 0.25) is 0 Å². The summed E-state index contributed by atoms with van der Waals surface area (Å²) < 4.78 is 9.75. The molecule has 0 radical (unpaired) electrons. The molecule has 0 saturated carbocycles. The van der Waals surface area contributed by atoms with Crippen LogP contribution >= 0.6 is 0 Å². The molecule has 1 heterocycles. The Kier molecular flexibility index (Phi) is 4.12. The number of ether oxygens (including phenoxy) is 1. The molecule has 5 nitrogen and oxygen atoms in total. The fourth-order valence-corrected chi connectivity index (χ4v) is 0.926. The van der Waals surface area contributed by atoms with Crippen molar-refractivity contribution in [1.29, 1.82) is 0 Å². The van der Waals surface area contributed by atoms with Crippen LogP contribution in [0.25, 0.3) is 0 Å². The zero-order chi connectivity index (χ0) is 10.4. The highest BCUT2D eigenvalue weighted by atomic mass is 16.5. The van der Waals surface area contributed by atoms with Gasteiger partial charge in [-0.25, -0.2) is 0 Å². The van der Waals surface area contributed by atoms with Crippen molar-refractivity contribution >= 4 is 5.97 Å². The average molecular weight is 198 g/mol. The van der Waals surface area contributed by atoms with E-state index in [0.29, 0.717) is 12.3 Å². The van der Waals surface area contributed by atoms with Gasteiger partial charge in [0.25, 0.3) is 0 Å². The number of carbonyl (C=O) groups excluding carboxylic acids is 1. The smallest absolute Gasteiger partial charge is 0.320 e. The number of hydrogen-bond acceptors (Lipinski definition) is 5. The second kappa shape index (κ2) is 5.39. The average Bonchev–Trinajstić information content (AvgIpc) is 2.55. The summed E-state index contributed by atoms with van der Waals surface area (Å²) in [5, 5.41) is 6.42. The van der Waals surface area contributed by atoms with Gasteiger partial charge in [-0.1, -0.05) is 5.16 Å². The zero-order valence-electron chi connectivity index (χ0n) is 8.32. The Hall–Kier alpha value is -1.36. The van der Waals surface area contributed by atoms with E-state index in [0.717, 1.165) is 0 Å². The summed E-state index contributed by atoms with van der Waals surface area (Å²) in [5.41, 5.74) is 0. The van der Waals surface area contributed by atoms with Crippen molar-refractivity contribution in [2.24, 2.45) is 0 Å². The van der Waals surface area contributed by atoms with Gasteiger partial charge in [0.05, 0.1) is 25.4 Å². The Morgan fingerprint density at radius 2 is 2.50 bits per heavy atom. The molecule has 0 fully saturated rings. The highest BCUT2D eigenvalue weighted by Crippen LogP contribution is 1.94. The van der Waals surface area contributed by atoms with E-state index in [-0.39, 0.29) is 18.6 Å². The molecule has 0 atom stereocenters. The summed E-state index contributed by atoms with van der Waals surface area (Å²) in [4.78, 5) is 11.1. The summed E-state index contributed by atoms with van der Waals surface area (Å²) in [5.74, 6) is 0.432. The lowest BCUT2D eigenvalue weighted by Gasteiger charge is -2.07. The van der Waals surface area contributed by atoms with Gasteiger partial charge in [0.2, 0.25) is 0 Å². The second-order valence-corrected chi connectivity index (χ2v) is 3.12. The van der Waals surface area contributed by atoms with E-state index in [1.165, 1.54) is 0 Å². The zero-order valence-corrected chi connectivity index (χ0v) is 8.32. The number of nitrogens with one attached hydrogen (secondary N) is 1. The molecule has 78 valence electrons. The van der Waals surface area contributed by atoms with E-state index in [1.54, 1.807) is 12.3 Å². The maximum absolute atomic E-state index is 11.1. The fraction of sp³-hybridized carbons (Fsp3) is 0.556. The molecule has 5 heteroatoms. The maximum atomic E-state index is 11.1. The Morgan fingerprint density at radius 3 is 3.07 bits per heavy atom. The van der Waals surface area contributed by atoms with Crippen LogP contribution in [0, 0.1) is 0 Å². The predicted molar refractivity (Wildman–Crippen MR) is 49.4 cm³/mol. The topological polar surface area (TPSA) is 64.4 Å². The summed E-state index contributed by atoms with van der Waals surface area (Å²) in [7, 11) is 0. The van der Waals surface area contributed by atoms with Gasteiger partial charge in [-0.05, 0) is 13.8 Å². The van der Waals surface area contributed by atoms with Gasteiger partial charge >= 0.3 is 5.97 Å². The molecular weight excluding hydrogens is 184 g/mol. The number of esters is 1. The standard InChI is InChI=1S/C9H14N2O3/c1-7(2)13-9(12)6-10-5-8-3-4-11-14-8/h3-4,7,10H,5-6H2,1-2H3. The summed E-state index contributed by atoms with van der Waals surface area (Å²) in [6.45, 7) is 4.29. The monoisotopic (exact) mass is 198 g/mol. The van der Waals surface area contributed by atoms with Gasteiger partial charge in [-0.2, -0.15) is 0 Å². The van der Waals surface area contributed by atoms with Crippen molar-refractivity contribution in [1.82, 2.24) is 10.5 Å². The van der Waals surface area contributed by atoms with Crippen molar-refractivity contribution in [3.05, 3.63) is 18.0 Å². The van der Waals surface area contributed by atoms with Crippen molar-refractivity contribution < 1.29 is 14.1 Å². The molecule has 1 aromatic rings. The van der Waals surface area contributed by atoms with E-state index >= 15 is 0 Å². The van der Waals surface area contributed by atoms with Gasteiger partial charge in [0.1, 0.15) is 5.76 Å². The lowest BCUT2D eigenvalue weighted by Crippen LogP contribution is -2.26. The quantitative estimate of drug-likeness (QED) is 0.706. The van der Waals surface area contributed by atoms with Crippen LogP contribution in [0.1, 0.15) is 19.6 Å². The lowest BCUT2D eigenvalue weighted by atomic mass is 10.4. The first-order chi connectivity index (χ1) is 6.68. The van der Waals surface area contributed by atoms with Crippen LogP contribution in [0.5, 0.6) is 0 Å². The highest BCUT2D eigenvalue weighted by molar-refractivity contribution is 5.71. The molecule has 0 aliphatic carbocycles. The molecule has 14 heavy (non-hydrogen) atoms. The van der Waals surface area contributed by atoms with Crippen molar-refractivity contribution in [2.45, 2.75) is 26.5 Å². The molecule has 1 aromatic heterocycles. The van der Waals surface area contributed by atoms with Crippen molar-refractivity contribution in [3.63, 3.8) is 0 Å². The number of carbonyl (C=O) groups is 1. The van der Waals surface area contributed by atoms with E-state index in [4.69, 9.17) is 9.26 Å². The first-order valence-electron chi connectivity index (χ1n) is 4.48. The number of hydrogen-bond donors (Lipinski definition) is 1. The minimum absolute atomic E-state index is 0.0745. The molecule has 1 N–H and O–H groups in total. The van der Waals surface area contributed by atoms with Crippen LogP contribution in [0.3, 0.4) is 0 Å². The van der Waals surface area contributed by atoms with E-state index in [1.807, 2.05) is 13.8 Å². The van der Waals surface area contributed by atoms with Gasteiger partial charge in [-0.3, -0.25) is 10.1 Å². The van der Waals surface area contributed by atoms with Crippen LogP contribution in [0.4, 0.5) is 0 Å². The van der Waals surface area contributed by atoms with E-state index in [9.17, 15) is 4.79 Å². The summed E-state index contributed by atoms with van der Waals surface area (Å²) in [6.07, 6.45) is 1.48. The number of rotatable bonds is 5. The highest BCUT2D eigenvalue weighted by Gasteiger charge is 2.04. The summed E-state index contributed by atoms with van der Waals surface area (Å²) in [6, 6.07) is 1.74. The third-order valence-electron chi connectivity index (χ3n) is 1.43. The molecule has 0 amide bonds. The van der Waals surface area contributed by atoms with E-state index in [2.05, 4.69) is 10.5 Å². The van der Waals surface area contributed by atoms with Crippen LogP contribution in [-0.4, -0.2) is 23.8 Å². The van der Waals surface area contributed by atoms with Gasteiger partial charge in [0.15, 0.2) is 0 Å². The Balaban J connectivity index is 2.12. The third kappa shape index (κ3) is 4.04. The Bertz CT molecular complexity index is 270. The Morgan fingerprint density at radius 1 is 1.71 bits per heavy atom. The number of nitrogens with zero attached hydrogens (tertiary/aromatic N) is 1. The molecule has 0 aliphatic heterocycles. The van der Waals surface area contributed by atoms with Crippen LogP contribution in [-0.2, 0) is 16.1 Å². The van der Waals surface area contributed by atoms with Crippen molar-refractivity contribution in [2.75, 3.05) is 6.54 Å². The van der Waals surface area contributed by atoms with Gasteiger partial charge in [0, 0.05) is 6.07 Å². The SMILES string of the molecule is CC(C)OC(=O)CNCc1ccno1. The molecule has 1 rings (SSSR count). The maximum Gasteiger partial charge on any atom is 0.320 e. The minimum Gasteiger partial charge on any atom is -0.462 e. The molecule has 0 unspecified atom stereocenters.